The average molecular weight is 406 g/mol. The molecule has 1 fully saturated rings. The zero-order valence-electron chi connectivity index (χ0n) is 15.6. The van der Waals surface area contributed by atoms with Crippen LogP contribution in [-0.4, -0.2) is 40.8 Å². The molecule has 1 aliphatic heterocycles. The molecule has 154 valence electrons. The lowest BCUT2D eigenvalue weighted by Crippen LogP contribution is -2.56. The Morgan fingerprint density at radius 2 is 1.97 bits per heavy atom. The number of hydrogen-bond donors (Lipinski definition) is 2. The van der Waals surface area contributed by atoms with Crippen LogP contribution in [0.3, 0.4) is 0 Å². The number of carbonyl (C=O) groups is 2. The van der Waals surface area contributed by atoms with Crippen LogP contribution >= 0.6 is 0 Å². The number of amides is 2. The summed E-state index contributed by atoms with van der Waals surface area (Å²) in [5, 5.41) is 5.38. The van der Waals surface area contributed by atoms with Crippen molar-refractivity contribution in [1.82, 2.24) is 20.5 Å². The zero-order chi connectivity index (χ0) is 20.9. The molecule has 0 saturated carbocycles. The summed E-state index contributed by atoms with van der Waals surface area (Å²) in [7, 11) is 0. The van der Waals surface area contributed by atoms with Crippen molar-refractivity contribution < 1.29 is 22.8 Å². The quantitative estimate of drug-likeness (QED) is 0.771. The van der Waals surface area contributed by atoms with Gasteiger partial charge in [0, 0.05) is 25.8 Å². The average Bonchev–Trinajstić information content (AvgIpc) is 2.69. The van der Waals surface area contributed by atoms with Crippen LogP contribution in [0.15, 0.2) is 48.7 Å². The Kier molecular flexibility index (Phi) is 6.48. The van der Waals surface area contributed by atoms with Gasteiger partial charge >= 0.3 is 6.18 Å². The summed E-state index contributed by atoms with van der Waals surface area (Å²) in [5.74, 6) is -0.736. The highest BCUT2D eigenvalue weighted by atomic mass is 19.4. The van der Waals surface area contributed by atoms with E-state index in [2.05, 4.69) is 15.6 Å². The molecule has 2 N–H and O–H groups in total. The Hall–Kier alpha value is -2.94. The summed E-state index contributed by atoms with van der Waals surface area (Å²) < 4.78 is 39.8. The molecule has 2 aromatic rings. The molecule has 0 spiro atoms. The van der Waals surface area contributed by atoms with E-state index in [1.54, 1.807) is 29.3 Å². The molecule has 1 unspecified atom stereocenters. The minimum absolute atomic E-state index is 0.0682. The molecule has 3 rings (SSSR count). The molecule has 1 aromatic heterocycles. The van der Waals surface area contributed by atoms with Crippen LogP contribution in [-0.2, 0) is 28.9 Å². The van der Waals surface area contributed by atoms with Crippen molar-refractivity contribution in [3.63, 3.8) is 0 Å². The maximum Gasteiger partial charge on any atom is 0.416 e. The minimum Gasteiger partial charge on any atom is -0.353 e. The van der Waals surface area contributed by atoms with E-state index in [1.165, 1.54) is 18.2 Å². The second-order valence-electron chi connectivity index (χ2n) is 6.73. The first-order valence-electron chi connectivity index (χ1n) is 9.18. The molecular weight excluding hydrogens is 385 g/mol. The van der Waals surface area contributed by atoms with Gasteiger partial charge in [0.15, 0.2) is 0 Å². The van der Waals surface area contributed by atoms with Gasteiger partial charge in [0.2, 0.25) is 11.8 Å². The Bertz CT molecular complexity index is 858. The molecule has 9 heteroatoms. The lowest BCUT2D eigenvalue weighted by molar-refractivity contribution is -0.139. The first-order valence-corrected chi connectivity index (χ1v) is 9.18. The molecule has 29 heavy (non-hydrogen) atoms. The predicted molar refractivity (Wildman–Crippen MR) is 99.4 cm³/mol. The van der Waals surface area contributed by atoms with E-state index in [1.807, 2.05) is 0 Å². The molecule has 1 aromatic carbocycles. The molecular formula is C20H21F3N4O2. The fourth-order valence-electron chi connectivity index (χ4n) is 3.27. The van der Waals surface area contributed by atoms with E-state index in [0.717, 1.165) is 6.07 Å². The topological polar surface area (TPSA) is 74.3 Å². The van der Waals surface area contributed by atoms with E-state index in [-0.39, 0.29) is 36.9 Å². The Morgan fingerprint density at radius 3 is 2.69 bits per heavy atom. The third kappa shape index (κ3) is 5.54. The maximum atomic E-state index is 13.3. The van der Waals surface area contributed by atoms with Gasteiger partial charge in [0.25, 0.3) is 0 Å². The molecule has 0 radical (unpaired) electrons. The van der Waals surface area contributed by atoms with Crippen LogP contribution in [0.1, 0.15) is 23.2 Å². The van der Waals surface area contributed by atoms with E-state index in [4.69, 9.17) is 0 Å². The van der Waals surface area contributed by atoms with Crippen molar-refractivity contribution >= 4 is 11.8 Å². The summed E-state index contributed by atoms with van der Waals surface area (Å²) in [6.07, 6.45) is -3.02. The summed E-state index contributed by atoms with van der Waals surface area (Å²) in [5.41, 5.74) is 0.0165. The van der Waals surface area contributed by atoms with E-state index < -0.39 is 17.8 Å². The molecule has 1 saturated heterocycles. The number of nitrogens with one attached hydrogen (secondary N) is 2. The Balaban J connectivity index is 1.68. The van der Waals surface area contributed by atoms with Crippen molar-refractivity contribution in [3.8, 4) is 0 Å². The van der Waals surface area contributed by atoms with E-state index >= 15 is 0 Å². The van der Waals surface area contributed by atoms with Gasteiger partial charge in [-0.3, -0.25) is 19.5 Å². The number of hydrogen-bond acceptors (Lipinski definition) is 4. The monoisotopic (exact) mass is 406 g/mol. The van der Waals surface area contributed by atoms with Crippen molar-refractivity contribution in [2.45, 2.75) is 31.7 Å². The SMILES string of the molecule is O=C(CC1C(=O)NCCN1Cc1ccccc1C(F)(F)F)NCc1ccccn1. The first-order chi connectivity index (χ1) is 13.8. The number of benzene rings is 1. The van der Waals surface area contributed by atoms with Gasteiger partial charge in [-0.05, 0) is 23.8 Å². The number of pyridine rings is 1. The normalized spacial score (nSPS) is 17.6. The number of nitrogens with zero attached hydrogens (tertiary/aromatic N) is 2. The highest BCUT2D eigenvalue weighted by molar-refractivity contribution is 5.88. The van der Waals surface area contributed by atoms with Gasteiger partial charge in [0.1, 0.15) is 0 Å². The van der Waals surface area contributed by atoms with Crippen LogP contribution in [0.5, 0.6) is 0 Å². The fourth-order valence-corrected chi connectivity index (χ4v) is 3.27. The molecule has 2 heterocycles. The maximum absolute atomic E-state index is 13.3. The summed E-state index contributed by atoms with van der Waals surface area (Å²) >= 11 is 0. The molecule has 0 bridgehead atoms. The number of carbonyl (C=O) groups excluding carboxylic acids is 2. The largest absolute Gasteiger partial charge is 0.416 e. The third-order valence-electron chi connectivity index (χ3n) is 4.71. The Labute approximate surface area is 166 Å². The van der Waals surface area contributed by atoms with E-state index in [0.29, 0.717) is 18.8 Å². The van der Waals surface area contributed by atoms with Gasteiger partial charge in [0.05, 0.1) is 30.3 Å². The van der Waals surface area contributed by atoms with E-state index in [9.17, 15) is 22.8 Å². The van der Waals surface area contributed by atoms with Gasteiger partial charge in [-0.15, -0.1) is 0 Å². The van der Waals surface area contributed by atoms with Gasteiger partial charge in [-0.2, -0.15) is 13.2 Å². The first kappa shape index (κ1) is 20.8. The third-order valence-corrected chi connectivity index (χ3v) is 4.71. The number of halogens is 3. The highest BCUT2D eigenvalue weighted by Crippen LogP contribution is 2.32. The van der Waals surface area contributed by atoms with Crippen molar-refractivity contribution in [3.05, 3.63) is 65.5 Å². The smallest absolute Gasteiger partial charge is 0.353 e. The van der Waals surface area contributed by atoms with Crippen LogP contribution in [0.25, 0.3) is 0 Å². The number of aromatic nitrogens is 1. The van der Waals surface area contributed by atoms with Crippen molar-refractivity contribution in [2.75, 3.05) is 13.1 Å². The lowest BCUT2D eigenvalue weighted by atomic mass is 10.0. The second kappa shape index (κ2) is 9.04. The van der Waals surface area contributed by atoms with Crippen LogP contribution < -0.4 is 10.6 Å². The summed E-state index contributed by atoms with van der Waals surface area (Å²) in [6, 6.07) is 9.75. The van der Waals surface area contributed by atoms with Gasteiger partial charge in [-0.25, -0.2) is 0 Å². The molecule has 1 atom stereocenters. The number of rotatable bonds is 6. The molecule has 2 amide bonds. The molecule has 1 aliphatic rings. The summed E-state index contributed by atoms with van der Waals surface area (Å²) in [6.45, 7) is 0.821. The molecule has 0 aliphatic carbocycles. The summed E-state index contributed by atoms with van der Waals surface area (Å²) in [4.78, 5) is 30.4. The van der Waals surface area contributed by atoms with Crippen LogP contribution in [0, 0.1) is 0 Å². The second-order valence-corrected chi connectivity index (χ2v) is 6.73. The highest BCUT2D eigenvalue weighted by Gasteiger charge is 2.36. The van der Waals surface area contributed by atoms with Crippen molar-refractivity contribution in [2.24, 2.45) is 0 Å². The molecule has 6 nitrogen and oxygen atoms in total. The Morgan fingerprint density at radius 1 is 1.21 bits per heavy atom. The zero-order valence-corrected chi connectivity index (χ0v) is 15.6. The minimum atomic E-state index is -4.48. The van der Waals surface area contributed by atoms with Crippen LogP contribution in [0.2, 0.25) is 0 Å². The number of piperazine rings is 1. The lowest BCUT2D eigenvalue weighted by Gasteiger charge is -2.35. The van der Waals surface area contributed by atoms with Gasteiger partial charge < -0.3 is 10.6 Å². The fraction of sp³-hybridized carbons (Fsp3) is 0.350. The van der Waals surface area contributed by atoms with Crippen LogP contribution in [0.4, 0.5) is 13.2 Å². The number of alkyl halides is 3. The predicted octanol–water partition coefficient (Wildman–Crippen LogP) is 2.11. The van der Waals surface area contributed by atoms with Crippen molar-refractivity contribution in [1.29, 1.82) is 0 Å². The van der Waals surface area contributed by atoms with Gasteiger partial charge in [-0.1, -0.05) is 24.3 Å². The standard InChI is InChI=1S/C20H21F3N4O2/c21-20(22,23)16-7-2-1-5-14(16)13-27-10-9-25-19(29)17(27)11-18(28)26-12-15-6-3-4-8-24-15/h1-8,17H,9-13H2,(H,25,29)(H,26,28).